The summed E-state index contributed by atoms with van der Waals surface area (Å²) in [4.78, 5) is 21.9. The summed E-state index contributed by atoms with van der Waals surface area (Å²) in [7, 11) is -3.36. The Balaban J connectivity index is 1.79. The second-order valence-corrected chi connectivity index (χ2v) is 8.29. The van der Waals surface area contributed by atoms with Crippen LogP contribution < -0.4 is 10.2 Å². The number of piperazine rings is 1. The van der Waals surface area contributed by atoms with Gasteiger partial charge in [-0.15, -0.1) is 0 Å². The first-order chi connectivity index (χ1) is 11.4. The molecule has 1 fully saturated rings. The number of carbonyl (C=O) groups is 1. The molecule has 1 aliphatic heterocycles. The van der Waals surface area contributed by atoms with E-state index in [4.69, 9.17) is 0 Å². The predicted octanol–water partition coefficient (Wildman–Crippen LogP) is 0.0907. The molecule has 1 aromatic rings. The quantitative estimate of drug-likeness (QED) is 0.745. The van der Waals surface area contributed by atoms with Gasteiger partial charge in [0.1, 0.15) is 0 Å². The third kappa shape index (κ3) is 5.41. The van der Waals surface area contributed by atoms with Gasteiger partial charge in [0.15, 0.2) is 0 Å². The molecular formula is C15H25N5O3S. The standard InChI is InChI=1S/C15H25N5O3S/c1-13(2)12-14(21)16-6-11-24(22,23)20-9-7-19(8-10-20)15-17-4-3-5-18-15/h3-5,13H,6-12H2,1-2H3,(H,16,21). The Hall–Kier alpha value is -1.74. The lowest BCUT2D eigenvalue weighted by Crippen LogP contribution is -2.50. The van der Waals surface area contributed by atoms with Crippen molar-refractivity contribution in [3.8, 4) is 0 Å². The van der Waals surface area contributed by atoms with E-state index < -0.39 is 10.0 Å². The summed E-state index contributed by atoms with van der Waals surface area (Å²) in [5.74, 6) is 0.704. The van der Waals surface area contributed by atoms with Crippen LogP contribution in [-0.4, -0.2) is 67.1 Å². The van der Waals surface area contributed by atoms with Crippen molar-refractivity contribution >= 4 is 21.9 Å². The topological polar surface area (TPSA) is 95.5 Å². The van der Waals surface area contributed by atoms with Crippen LogP contribution in [0.2, 0.25) is 0 Å². The molecule has 9 heteroatoms. The van der Waals surface area contributed by atoms with Crippen molar-refractivity contribution in [2.24, 2.45) is 5.92 Å². The maximum absolute atomic E-state index is 12.4. The number of nitrogens with one attached hydrogen (secondary N) is 1. The first-order valence-electron chi connectivity index (χ1n) is 8.15. The number of anilines is 1. The van der Waals surface area contributed by atoms with E-state index in [1.165, 1.54) is 4.31 Å². The summed E-state index contributed by atoms with van der Waals surface area (Å²) in [5.41, 5.74) is 0. The Labute approximate surface area is 143 Å². The molecule has 0 unspecified atom stereocenters. The normalized spacial score (nSPS) is 16.4. The monoisotopic (exact) mass is 355 g/mol. The van der Waals surface area contributed by atoms with Gasteiger partial charge in [-0.25, -0.2) is 18.4 Å². The van der Waals surface area contributed by atoms with Crippen LogP contribution in [0.1, 0.15) is 20.3 Å². The predicted molar refractivity (Wildman–Crippen MR) is 92.1 cm³/mol. The number of amides is 1. The van der Waals surface area contributed by atoms with E-state index in [1.54, 1.807) is 18.5 Å². The van der Waals surface area contributed by atoms with E-state index in [-0.39, 0.29) is 24.1 Å². The van der Waals surface area contributed by atoms with Gasteiger partial charge in [-0.05, 0) is 12.0 Å². The fourth-order valence-corrected chi connectivity index (χ4v) is 3.85. The van der Waals surface area contributed by atoms with Crippen molar-refractivity contribution in [1.82, 2.24) is 19.6 Å². The van der Waals surface area contributed by atoms with E-state index in [9.17, 15) is 13.2 Å². The van der Waals surface area contributed by atoms with Gasteiger partial charge in [-0.2, -0.15) is 4.31 Å². The zero-order chi connectivity index (χ0) is 17.6. The first kappa shape index (κ1) is 18.6. The van der Waals surface area contributed by atoms with Crippen molar-refractivity contribution in [1.29, 1.82) is 0 Å². The Morgan fingerprint density at radius 1 is 1.21 bits per heavy atom. The summed E-state index contributed by atoms with van der Waals surface area (Å²) in [6.45, 7) is 5.97. The minimum absolute atomic E-state index is 0.0708. The summed E-state index contributed by atoms with van der Waals surface area (Å²) in [6, 6.07) is 1.75. The van der Waals surface area contributed by atoms with E-state index >= 15 is 0 Å². The van der Waals surface area contributed by atoms with Crippen LogP contribution in [-0.2, 0) is 14.8 Å². The molecule has 2 heterocycles. The summed E-state index contributed by atoms with van der Waals surface area (Å²) in [5, 5.41) is 2.67. The van der Waals surface area contributed by atoms with Gasteiger partial charge in [-0.3, -0.25) is 4.79 Å². The molecule has 0 saturated carbocycles. The van der Waals surface area contributed by atoms with Gasteiger partial charge in [-0.1, -0.05) is 13.8 Å². The molecule has 0 radical (unpaired) electrons. The number of nitrogens with zero attached hydrogens (tertiary/aromatic N) is 4. The van der Waals surface area contributed by atoms with Crippen molar-refractivity contribution < 1.29 is 13.2 Å². The van der Waals surface area contributed by atoms with Crippen LogP contribution in [0.25, 0.3) is 0 Å². The molecule has 8 nitrogen and oxygen atoms in total. The molecule has 0 bridgehead atoms. The number of rotatable bonds is 7. The van der Waals surface area contributed by atoms with Gasteiger partial charge >= 0.3 is 0 Å². The molecule has 1 saturated heterocycles. The van der Waals surface area contributed by atoms with Gasteiger partial charge < -0.3 is 10.2 Å². The molecule has 1 aromatic heterocycles. The minimum Gasteiger partial charge on any atom is -0.355 e. The molecule has 1 aliphatic rings. The Morgan fingerprint density at radius 3 is 2.42 bits per heavy atom. The van der Waals surface area contributed by atoms with Crippen molar-refractivity contribution in [3.63, 3.8) is 0 Å². The van der Waals surface area contributed by atoms with E-state index in [0.717, 1.165) is 0 Å². The SMILES string of the molecule is CC(C)CC(=O)NCCS(=O)(=O)N1CCN(c2ncccn2)CC1. The lowest BCUT2D eigenvalue weighted by atomic mass is 10.1. The number of hydrogen-bond donors (Lipinski definition) is 1. The second kappa shape index (κ2) is 8.39. The van der Waals surface area contributed by atoms with Crippen LogP contribution in [0.3, 0.4) is 0 Å². The average molecular weight is 355 g/mol. The van der Waals surface area contributed by atoms with Gasteiger partial charge in [0.25, 0.3) is 0 Å². The van der Waals surface area contributed by atoms with Crippen LogP contribution in [0, 0.1) is 5.92 Å². The van der Waals surface area contributed by atoms with Crippen LogP contribution in [0.4, 0.5) is 5.95 Å². The molecule has 0 aliphatic carbocycles. The zero-order valence-electron chi connectivity index (χ0n) is 14.2. The van der Waals surface area contributed by atoms with Crippen molar-refractivity contribution in [2.75, 3.05) is 43.4 Å². The summed E-state index contributed by atoms with van der Waals surface area (Å²) < 4.78 is 26.2. The fraction of sp³-hybridized carbons (Fsp3) is 0.667. The fourth-order valence-electron chi connectivity index (χ4n) is 2.51. The minimum atomic E-state index is -3.36. The van der Waals surface area contributed by atoms with E-state index in [2.05, 4.69) is 15.3 Å². The van der Waals surface area contributed by atoms with Crippen LogP contribution in [0.15, 0.2) is 18.5 Å². The highest BCUT2D eigenvalue weighted by Gasteiger charge is 2.27. The second-order valence-electron chi connectivity index (χ2n) is 6.20. The maximum Gasteiger partial charge on any atom is 0.225 e. The highest BCUT2D eigenvalue weighted by Crippen LogP contribution is 2.12. The average Bonchev–Trinajstić information content (AvgIpc) is 2.55. The largest absolute Gasteiger partial charge is 0.355 e. The Bertz CT molecular complexity index is 628. The van der Waals surface area contributed by atoms with Crippen LogP contribution in [0.5, 0.6) is 0 Å². The van der Waals surface area contributed by atoms with Gasteiger partial charge in [0.05, 0.1) is 5.75 Å². The first-order valence-corrected chi connectivity index (χ1v) is 9.76. The third-order valence-corrected chi connectivity index (χ3v) is 5.61. The lowest BCUT2D eigenvalue weighted by Gasteiger charge is -2.33. The van der Waals surface area contributed by atoms with E-state index in [0.29, 0.717) is 38.5 Å². The molecule has 0 atom stereocenters. The van der Waals surface area contributed by atoms with Gasteiger partial charge in [0.2, 0.25) is 21.9 Å². The van der Waals surface area contributed by atoms with Crippen LogP contribution >= 0.6 is 0 Å². The summed E-state index contributed by atoms with van der Waals surface area (Å²) in [6.07, 6.45) is 3.76. The number of hydrogen-bond acceptors (Lipinski definition) is 6. The summed E-state index contributed by atoms with van der Waals surface area (Å²) >= 11 is 0. The maximum atomic E-state index is 12.4. The Morgan fingerprint density at radius 2 is 1.83 bits per heavy atom. The van der Waals surface area contributed by atoms with Crippen molar-refractivity contribution in [3.05, 3.63) is 18.5 Å². The molecule has 0 aromatic carbocycles. The molecule has 24 heavy (non-hydrogen) atoms. The molecule has 0 spiro atoms. The molecule has 2 rings (SSSR count). The molecule has 1 amide bonds. The van der Waals surface area contributed by atoms with E-state index in [1.807, 2.05) is 18.7 Å². The third-order valence-electron chi connectivity index (χ3n) is 3.74. The number of aromatic nitrogens is 2. The van der Waals surface area contributed by atoms with Crippen molar-refractivity contribution in [2.45, 2.75) is 20.3 Å². The molecular weight excluding hydrogens is 330 g/mol. The zero-order valence-corrected chi connectivity index (χ0v) is 15.0. The highest BCUT2D eigenvalue weighted by atomic mass is 32.2. The molecule has 134 valence electrons. The lowest BCUT2D eigenvalue weighted by molar-refractivity contribution is -0.121. The molecule has 1 N–H and O–H groups in total. The highest BCUT2D eigenvalue weighted by molar-refractivity contribution is 7.89. The van der Waals surface area contributed by atoms with Gasteiger partial charge in [0, 0.05) is 51.5 Å². The Kier molecular flexibility index (Phi) is 6.50. The number of carbonyl (C=O) groups excluding carboxylic acids is 1. The smallest absolute Gasteiger partial charge is 0.225 e. The number of sulfonamides is 1.